The van der Waals surface area contributed by atoms with Crippen molar-refractivity contribution in [3.05, 3.63) is 0 Å². The van der Waals surface area contributed by atoms with Gasteiger partial charge in [0.15, 0.2) is 0 Å². The van der Waals surface area contributed by atoms with E-state index in [1.54, 1.807) is 4.31 Å². The van der Waals surface area contributed by atoms with Crippen molar-refractivity contribution >= 4 is 21.6 Å². The van der Waals surface area contributed by atoms with Gasteiger partial charge in [-0.15, -0.1) is 11.6 Å². The fourth-order valence-electron chi connectivity index (χ4n) is 1.57. The number of unbranched alkanes of at least 4 members (excludes halogenated alkanes) is 1. The summed E-state index contributed by atoms with van der Waals surface area (Å²) in [5.74, 6) is 0.779. The lowest BCUT2D eigenvalue weighted by atomic mass is 10.4. The lowest BCUT2D eigenvalue weighted by Gasteiger charge is -2.31. The van der Waals surface area contributed by atoms with Crippen LogP contribution in [0, 0.1) is 0 Å². The maximum atomic E-state index is 11.8. The van der Waals surface area contributed by atoms with E-state index in [1.165, 1.54) is 0 Å². The van der Waals surface area contributed by atoms with Gasteiger partial charge in [0.25, 0.3) is 0 Å². The Morgan fingerprint density at radius 1 is 1.13 bits per heavy atom. The van der Waals surface area contributed by atoms with E-state index in [0.29, 0.717) is 25.4 Å². The molecule has 4 nitrogen and oxygen atoms in total. The lowest BCUT2D eigenvalue weighted by Crippen LogP contribution is -2.47. The van der Waals surface area contributed by atoms with Crippen molar-refractivity contribution < 1.29 is 8.42 Å². The van der Waals surface area contributed by atoms with E-state index in [4.69, 9.17) is 11.6 Å². The van der Waals surface area contributed by atoms with Crippen LogP contribution >= 0.6 is 11.6 Å². The zero-order valence-corrected chi connectivity index (χ0v) is 10.7. The van der Waals surface area contributed by atoms with Crippen LogP contribution in [0.2, 0.25) is 0 Å². The molecule has 0 bridgehead atoms. The highest BCUT2D eigenvalue weighted by Crippen LogP contribution is 2.08. The van der Waals surface area contributed by atoms with E-state index in [2.05, 4.69) is 4.90 Å². The SMILES string of the molecule is CN1CCN(S(=O)(=O)CCCCCl)CC1. The average Bonchev–Trinajstić information content (AvgIpc) is 2.18. The fourth-order valence-corrected chi connectivity index (χ4v) is 3.31. The number of sulfonamides is 1. The molecule has 0 unspecified atom stereocenters. The molecule has 15 heavy (non-hydrogen) atoms. The van der Waals surface area contributed by atoms with Crippen molar-refractivity contribution in [2.75, 3.05) is 44.9 Å². The van der Waals surface area contributed by atoms with Crippen molar-refractivity contribution in [1.82, 2.24) is 9.21 Å². The van der Waals surface area contributed by atoms with Crippen LogP contribution in [-0.4, -0.2) is 62.5 Å². The summed E-state index contributed by atoms with van der Waals surface area (Å²) in [5, 5.41) is 0. The van der Waals surface area contributed by atoms with E-state index in [1.807, 2.05) is 7.05 Å². The van der Waals surface area contributed by atoms with E-state index in [9.17, 15) is 8.42 Å². The summed E-state index contributed by atoms with van der Waals surface area (Å²) in [6.45, 7) is 2.91. The second kappa shape index (κ2) is 6.03. The molecule has 0 spiro atoms. The summed E-state index contributed by atoms with van der Waals surface area (Å²) < 4.78 is 25.3. The molecular weight excluding hydrogens is 236 g/mol. The van der Waals surface area contributed by atoms with Crippen molar-refractivity contribution in [3.8, 4) is 0 Å². The summed E-state index contributed by atoms with van der Waals surface area (Å²) in [7, 11) is -1.02. The van der Waals surface area contributed by atoms with Gasteiger partial charge in [-0.2, -0.15) is 4.31 Å². The van der Waals surface area contributed by atoms with Crippen LogP contribution in [0.1, 0.15) is 12.8 Å². The van der Waals surface area contributed by atoms with Crippen LogP contribution in [-0.2, 0) is 10.0 Å². The number of piperazine rings is 1. The number of halogens is 1. The van der Waals surface area contributed by atoms with Crippen molar-refractivity contribution in [3.63, 3.8) is 0 Å². The number of hydrogen-bond donors (Lipinski definition) is 0. The quantitative estimate of drug-likeness (QED) is 0.533. The minimum absolute atomic E-state index is 0.240. The zero-order valence-electron chi connectivity index (χ0n) is 9.15. The summed E-state index contributed by atoms with van der Waals surface area (Å²) in [6, 6.07) is 0. The first-order chi connectivity index (χ1) is 7.06. The maximum Gasteiger partial charge on any atom is 0.214 e. The molecule has 1 heterocycles. The second-order valence-electron chi connectivity index (χ2n) is 3.91. The van der Waals surface area contributed by atoms with Gasteiger partial charge in [-0.05, 0) is 19.9 Å². The third-order valence-corrected chi connectivity index (χ3v) is 4.87. The second-order valence-corrected chi connectivity index (χ2v) is 6.38. The first kappa shape index (κ1) is 13.2. The molecule has 1 saturated heterocycles. The van der Waals surface area contributed by atoms with Gasteiger partial charge >= 0.3 is 0 Å². The van der Waals surface area contributed by atoms with Crippen LogP contribution in [0.4, 0.5) is 0 Å². The Kier molecular flexibility index (Phi) is 5.32. The molecule has 1 rings (SSSR count). The molecule has 6 heteroatoms. The molecular formula is C9H19ClN2O2S. The zero-order chi connectivity index (χ0) is 11.3. The fraction of sp³-hybridized carbons (Fsp3) is 1.00. The molecule has 0 aromatic carbocycles. The van der Waals surface area contributed by atoms with Crippen molar-refractivity contribution in [1.29, 1.82) is 0 Å². The van der Waals surface area contributed by atoms with Gasteiger partial charge in [0.05, 0.1) is 5.75 Å². The van der Waals surface area contributed by atoms with Crippen LogP contribution in [0.5, 0.6) is 0 Å². The first-order valence-corrected chi connectivity index (χ1v) is 7.43. The normalized spacial score (nSPS) is 20.7. The van der Waals surface area contributed by atoms with Crippen LogP contribution in [0.15, 0.2) is 0 Å². The molecule has 0 amide bonds. The van der Waals surface area contributed by atoms with Gasteiger partial charge in [-0.3, -0.25) is 0 Å². The topological polar surface area (TPSA) is 40.6 Å². The minimum Gasteiger partial charge on any atom is -0.304 e. The lowest BCUT2D eigenvalue weighted by molar-refractivity contribution is 0.222. The van der Waals surface area contributed by atoms with Gasteiger partial charge < -0.3 is 4.90 Å². The molecule has 1 aliphatic heterocycles. The van der Waals surface area contributed by atoms with Gasteiger partial charge in [0, 0.05) is 32.1 Å². The van der Waals surface area contributed by atoms with Crippen LogP contribution < -0.4 is 0 Å². The molecule has 0 aliphatic carbocycles. The molecule has 1 aliphatic rings. The van der Waals surface area contributed by atoms with Gasteiger partial charge in [0.2, 0.25) is 10.0 Å². The number of likely N-dealkylation sites (N-methyl/N-ethyl adjacent to an activating group) is 1. The predicted octanol–water partition coefficient (Wildman–Crippen LogP) is 0.583. The van der Waals surface area contributed by atoms with Gasteiger partial charge in [0.1, 0.15) is 0 Å². The summed E-state index contributed by atoms with van der Waals surface area (Å²) in [4.78, 5) is 2.14. The monoisotopic (exact) mass is 254 g/mol. The average molecular weight is 255 g/mol. The number of hydrogen-bond acceptors (Lipinski definition) is 3. The molecule has 0 atom stereocenters. The summed E-state index contributed by atoms with van der Waals surface area (Å²) in [5.41, 5.74) is 0. The Hall–Kier alpha value is 0.160. The molecule has 0 saturated carbocycles. The number of rotatable bonds is 5. The van der Waals surface area contributed by atoms with Gasteiger partial charge in [-0.1, -0.05) is 0 Å². The van der Waals surface area contributed by atoms with E-state index in [0.717, 1.165) is 19.5 Å². The Morgan fingerprint density at radius 3 is 2.27 bits per heavy atom. The molecule has 90 valence electrons. The maximum absolute atomic E-state index is 11.8. The van der Waals surface area contributed by atoms with Crippen molar-refractivity contribution in [2.24, 2.45) is 0 Å². The van der Waals surface area contributed by atoms with Crippen LogP contribution in [0.3, 0.4) is 0 Å². The number of alkyl halides is 1. The Balaban J connectivity index is 2.40. The Bertz CT molecular complexity index is 274. The Morgan fingerprint density at radius 2 is 1.73 bits per heavy atom. The standard InChI is InChI=1S/C9H19ClN2O2S/c1-11-5-7-12(8-6-11)15(13,14)9-3-2-4-10/h2-9H2,1H3. The molecule has 0 N–H and O–H groups in total. The highest BCUT2D eigenvalue weighted by Gasteiger charge is 2.24. The third kappa shape index (κ3) is 4.26. The van der Waals surface area contributed by atoms with Crippen LogP contribution in [0.25, 0.3) is 0 Å². The van der Waals surface area contributed by atoms with E-state index < -0.39 is 10.0 Å². The van der Waals surface area contributed by atoms with Crippen molar-refractivity contribution in [2.45, 2.75) is 12.8 Å². The summed E-state index contributed by atoms with van der Waals surface area (Å²) >= 11 is 5.52. The molecule has 0 radical (unpaired) electrons. The summed E-state index contributed by atoms with van der Waals surface area (Å²) in [6.07, 6.45) is 1.44. The largest absolute Gasteiger partial charge is 0.304 e. The Labute approximate surface area is 97.2 Å². The molecule has 1 fully saturated rings. The number of nitrogens with zero attached hydrogens (tertiary/aromatic N) is 2. The minimum atomic E-state index is -3.03. The highest BCUT2D eigenvalue weighted by molar-refractivity contribution is 7.89. The van der Waals surface area contributed by atoms with Gasteiger partial charge in [-0.25, -0.2) is 8.42 Å². The highest BCUT2D eigenvalue weighted by atomic mass is 35.5. The molecule has 0 aromatic rings. The third-order valence-electron chi connectivity index (χ3n) is 2.64. The van der Waals surface area contributed by atoms with E-state index in [-0.39, 0.29) is 5.75 Å². The predicted molar refractivity (Wildman–Crippen MR) is 62.8 cm³/mol. The first-order valence-electron chi connectivity index (χ1n) is 5.28. The molecule has 0 aromatic heterocycles. The smallest absolute Gasteiger partial charge is 0.214 e. The van der Waals surface area contributed by atoms with E-state index >= 15 is 0 Å².